The number of pyridine rings is 1. The smallest absolute Gasteiger partial charge is 0.183 e. The van der Waals surface area contributed by atoms with E-state index in [1.165, 1.54) is 12.1 Å². The Bertz CT molecular complexity index is 1320. The molecule has 0 aliphatic carbocycles. The predicted molar refractivity (Wildman–Crippen MR) is 125 cm³/mol. The van der Waals surface area contributed by atoms with Crippen LogP contribution >= 0.6 is 0 Å². The zero-order valence-corrected chi connectivity index (χ0v) is 18.4. The highest BCUT2D eigenvalue weighted by Crippen LogP contribution is 2.33. The molecule has 0 aliphatic rings. The van der Waals surface area contributed by atoms with Gasteiger partial charge in [0.05, 0.1) is 16.6 Å². The summed E-state index contributed by atoms with van der Waals surface area (Å²) >= 11 is 0. The number of rotatable bonds is 8. The lowest BCUT2D eigenvalue weighted by molar-refractivity contribution is 0.0985. The first-order valence-electron chi connectivity index (χ1n) is 10.9. The maximum atomic E-state index is 14.2. The summed E-state index contributed by atoms with van der Waals surface area (Å²) in [5.41, 5.74) is 3.77. The third-order valence-electron chi connectivity index (χ3n) is 5.60. The van der Waals surface area contributed by atoms with E-state index in [-0.39, 0.29) is 11.5 Å². The lowest BCUT2D eigenvalue weighted by atomic mass is 10.00. The molecule has 0 aliphatic heterocycles. The van der Waals surface area contributed by atoms with Crippen molar-refractivity contribution in [3.63, 3.8) is 0 Å². The summed E-state index contributed by atoms with van der Waals surface area (Å²) in [4.78, 5) is 17.2. The Kier molecular flexibility index (Phi) is 6.26. The number of aromatic hydroxyl groups is 2. The number of benzene rings is 2. The van der Waals surface area contributed by atoms with Crippen LogP contribution in [0.1, 0.15) is 41.9 Å². The van der Waals surface area contributed by atoms with E-state index in [4.69, 9.17) is 4.98 Å². The summed E-state index contributed by atoms with van der Waals surface area (Å²) in [6.45, 7) is 4.21. The zero-order chi connectivity index (χ0) is 23.5. The third kappa shape index (κ3) is 4.50. The monoisotopic (exact) mass is 448 g/mol. The number of carbonyl (C=O) groups excluding carboxylic acids is 1. The number of H-pyrrole nitrogens is 1. The summed E-state index contributed by atoms with van der Waals surface area (Å²) in [5, 5.41) is 30.3. The van der Waals surface area contributed by atoms with E-state index < -0.39 is 11.6 Å². The summed E-state index contributed by atoms with van der Waals surface area (Å²) in [6, 6.07) is 11.4. The first-order chi connectivity index (χ1) is 15.9. The average Bonchev–Trinajstić information content (AvgIpc) is 3.25. The number of nitrogens with one attached hydrogen (secondary N) is 2. The van der Waals surface area contributed by atoms with Crippen LogP contribution in [0.15, 0.2) is 42.5 Å². The number of aromatic amines is 1. The van der Waals surface area contributed by atoms with E-state index in [1.807, 2.05) is 19.1 Å². The summed E-state index contributed by atoms with van der Waals surface area (Å²) in [5.74, 6) is -0.555. The molecule has 4 aromatic rings. The standard InChI is InChI=1S/C25H25FN4O3/c1-3-15-11-22(33)18(26)12-17(15)19-13-20-23(24(30-29-20)21(32)4-2)25(28-19)27-10-9-14-5-7-16(31)8-6-14/h5-8,11-13,31,33H,3-4,9-10H2,1-2H3,(H,27,28)(H,29,30). The molecule has 0 saturated heterocycles. The molecule has 8 heteroatoms. The van der Waals surface area contributed by atoms with Gasteiger partial charge in [0.2, 0.25) is 0 Å². The molecule has 0 radical (unpaired) electrons. The Hall–Kier alpha value is -3.94. The molecule has 0 unspecified atom stereocenters. The van der Waals surface area contributed by atoms with Crippen LogP contribution in [-0.4, -0.2) is 37.7 Å². The fraction of sp³-hybridized carbons (Fsp3) is 0.240. The Balaban J connectivity index is 1.77. The number of carbonyl (C=O) groups is 1. The van der Waals surface area contributed by atoms with Gasteiger partial charge in [0, 0.05) is 18.5 Å². The minimum Gasteiger partial charge on any atom is -0.508 e. The van der Waals surface area contributed by atoms with Crippen molar-refractivity contribution in [3.05, 3.63) is 65.1 Å². The Morgan fingerprint density at radius 1 is 1.12 bits per heavy atom. The lowest BCUT2D eigenvalue weighted by Crippen LogP contribution is -2.09. The highest BCUT2D eigenvalue weighted by molar-refractivity contribution is 6.10. The largest absolute Gasteiger partial charge is 0.508 e. The number of phenolic OH excluding ortho intramolecular Hbond substituents is 2. The number of Topliss-reactive ketones (excluding diaryl/α,β-unsaturated/α-hetero) is 1. The van der Waals surface area contributed by atoms with Crippen molar-refractivity contribution in [2.75, 3.05) is 11.9 Å². The molecule has 0 amide bonds. The first-order valence-corrected chi connectivity index (χ1v) is 10.9. The number of ketones is 1. The van der Waals surface area contributed by atoms with E-state index in [0.29, 0.717) is 59.5 Å². The number of hydrogen-bond acceptors (Lipinski definition) is 6. The van der Waals surface area contributed by atoms with Crippen LogP contribution in [0, 0.1) is 5.82 Å². The third-order valence-corrected chi connectivity index (χ3v) is 5.60. The van der Waals surface area contributed by atoms with Crippen molar-refractivity contribution < 1.29 is 19.4 Å². The van der Waals surface area contributed by atoms with Crippen LogP contribution in [0.2, 0.25) is 0 Å². The molecule has 0 spiro atoms. The molecule has 7 nitrogen and oxygen atoms in total. The van der Waals surface area contributed by atoms with Gasteiger partial charge >= 0.3 is 0 Å². The molecule has 33 heavy (non-hydrogen) atoms. The minimum atomic E-state index is -0.725. The van der Waals surface area contributed by atoms with Crippen molar-refractivity contribution in [1.29, 1.82) is 0 Å². The number of aryl methyl sites for hydroxylation is 1. The van der Waals surface area contributed by atoms with E-state index in [0.717, 1.165) is 11.1 Å². The maximum Gasteiger partial charge on any atom is 0.183 e. The van der Waals surface area contributed by atoms with E-state index in [1.54, 1.807) is 25.1 Å². The second-order valence-corrected chi connectivity index (χ2v) is 7.79. The van der Waals surface area contributed by atoms with Crippen LogP contribution in [0.3, 0.4) is 0 Å². The number of halogens is 1. The first kappa shape index (κ1) is 22.3. The second kappa shape index (κ2) is 9.28. The van der Waals surface area contributed by atoms with Gasteiger partial charge in [0.15, 0.2) is 17.3 Å². The molecule has 170 valence electrons. The highest BCUT2D eigenvalue weighted by atomic mass is 19.1. The number of fused-ring (bicyclic) bond motifs is 1. The normalized spacial score (nSPS) is 11.1. The van der Waals surface area contributed by atoms with Gasteiger partial charge in [-0.15, -0.1) is 0 Å². The van der Waals surface area contributed by atoms with Crippen molar-refractivity contribution in [2.45, 2.75) is 33.1 Å². The quantitative estimate of drug-likeness (QED) is 0.283. The van der Waals surface area contributed by atoms with Gasteiger partial charge in [-0.05, 0) is 54.3 Å². The van der Waals surface area contributed by atoms with E-state index in [2.05, 4.69) is 15.5 Å². The molecule has 2 aromatic heterocycles. The Morgan fingerprint density at radius 3 is 2.58 bits per heavy atom. The lowest BCUT2D eigenvalue weighted by Gasteiger charge is -2.13. The van der Waals surface area contributed by atoms with E-state index in [9.17, 15) is 19.4 Å². The number of phenols is 2. The van der Waals surface area contributed by atoms with Gasteiger partial charge in [-0.25, -0.2) is 9.37 Å². The topological polar surface area (TPSA) is 111 Å². The van der Waals surface area contributed by atoms with Gasteiger partial charge in [-0.3, -0.25) is 9.89 Å². The molecule has 4 N–H and O–H groups in total. The van der Waals surface area contributed by atoms with Crippen LogP contribution in [0.25, 0.3) is 22.2 Å². The van der Waals surface area contributed by atoms with Crippen molar-refractivity contribution in [2.24, 2.45) is 0 Å². The zero-order valence-electron chi connectivity index (χ0n) is 18.4. The Morgan fingerprint density at radius 2 is 1.88 bits per heavy atom. The number of hydrogen-bond donors (Lipinski definition) is 4. The Labute approximate surface area is 190 Å². The predicted octanol–water partition coefficient (Wildman–Crippen LogP) is 4.98. The fourth-order valence-electron chi connectivity index (χ4n) is 3.80. The second-order valence-electron chi connectivity index (χ2n) is 7.79. The molecule has 2 aromatic carbocycles. The highest BCUT2D eigenvalue weighted by Gasteiger charge is 2.20. The van der Waals surface area contributed by atoms with Crippen molar-refractivity contribution in [1.82, 2.24) is 15.2 Å². The van der Waals surface area contributed by atoms with Crippen molar-refractivity contribution in [3.8, 4) is 22.8 Å². The molecule has 2 heterocycles. The molecule has 0 saturated carbocycles. The van der Waals surface area contributed by atoms with Gasteiger partial charge < -0.3 is 15.5 Å². The number of anilines is 1. The van der Waals surface area contributed by atoms with Crippen molar-refractivity contribution >= 4 is 22.5 Å². The molecule has 0 fully saturated rings. The fourth-order valence-corrected chi connectivity index (χ4v) is 3.80. The SMILES string of the molecule is CCC(=O)c1n[nH]c2cc(-c3cc(F)c(O)cc3CC)nc(NCCc3ccc(O)cc3)c12. The van der Waals surface area contributed by atoms with Crippen LogP contribution in [0.5, 0.6) is 11.5 Å². The van der Waals surface area contributed by atoms with Crippen LogP contribution in [0.4, 0.5) is 10.2 Å². The molecule has 0 atom stereocenters. The van der Waals surface area contributed by atoms with Gasteiger partial charge in [-0.1, -0.05) is 26.0 Å². The molecule has 4 rings (SSSR count). The molecular formula is C25H25FN4O3. The van der Waals surface area contributed by atoms with Crippen LogP contribution < -0.4 is 5.32 Å². The molecule has 0 bridgehead atoms. The van der Waals surface area contributed by atoms with E-state index >= 15 is 0 Å². The van der Waals surface area contributed by atoms with Gasteiger partial charge in [0.25, 0.3) is 0 Å². The number of aromatic nitrogens is 3. The van der Waals surface area contributed by atoms with Gasteiger partial charge in [-0.2, -0.15) is 5.10 Å². The molecular weight excluding hydrogens is 423 g/mol. The van der Waals surface area contributed by atoms with Crippen LogP contribution in [-0.2, 0) is 12.8 Å². The average molecular weight is 448 g/mol. The summed E-state index contributed by atoms with van der Waals surface area (Å²) in [6.07, 6.45) is 1.55. The van der Waals surface area contributed by atoms with Gasteiger partial charge in [0.1, 0.15) is 17.3 Å². The maximum absolute atomic E-state index is 14.2. The minimum absolute atomic E-state index is 0.109. The number of nitrogens with zero attached hydrogens (tertiary/aromatic N) is 2. The summed E-state index contributed by atoms with van der Waals surface area (Å²) < 4.78 is 14.2. The summed E-state index contributed by atoms with van der Waals surface area (Å²) in [7, 11) is 0.